The fraction of sp³-hybridized carbons (Fsp3) is 0.0769. The van der Waals surface area contributed by atoms with Crippen LogP contribution in [0.1, 0.15) is 11.5 Å². The van der Waals surface area contributed by atoms with Gasteiger partial charge in [0.15, 0.2) is 0 Å². The van der Waals surface area contributed by atoms with Crippen LogP contribution in [-0.4, -0.2) is 28.3 Å². The lowest BCUT2D eigenvalue weighted by Gasteiger charge is -2.10. The smallest absolute Gasteiger partial charge is 0.250 e. The Balaban J connectivity index is 0.00000336. The summed E-state index contributed by atoms with van der Waals surface area (Å²) in [4.78, 5) is 13.2. The van der Waals surface area contributed by atoms with Crippen LogP contribution in [0.4, 0.5) is 23.5 Å². The van der Waals surface area contributed by atoms with Gasteiger partial charge >= 0.3 is 0 Å². The molecule has 0 radical (unpaired) electrons. The van der Waals surface area contributed by atoms with Crippen molar-refractivity contribution in [2.45, 2.75) is 6.54 Å². The summed E-state index contributed by atoms with van der Waals surface area (Å²) in [5.41, 5.74) is 4.53. The highest BCUT2D eigenvalue weighted by atomic mass is 35.5. The van der Waals surface area contributed by atoms with E-state index in [9.17, 15) is 0 Å². The number of furan rings is 2. The molecule has 0 bridgehead atoms. The molecule has 3 aromatic heterocycles. The molecule has 0 aliphatic rings. The van der Waals surface area contributed by atoms with Crippen molar-refractivity contribution in [3.8, 4) is 17.1 Å². The zero-order valence-electron chi connectivity index (χ0n) is 20.1. The average molecular weight is 552 g/mol. The topological polar surface area (TPSA) is 123 Å². The molecular weight excluding hydrogens is 529 g/mol. The minimum atomic E-state index is 0. The molecule has 10 nitrogen and oxygen atoms in total. The van der Waals surface area contributed by atoms with E-state index < -0.39 is 0 Å². The zero-order chi connectivity index (χ0) is 25.5. The lowest BCUT2D eigenvalue weighted by atomic mass is 10.2. The van der Waals surface area contributed by atoms with Gasteiger partial charge in [0, 0.05) is 16.3 Å². The van der Waals surface area contributed by atoms with Crippen LogP contribution in [-0.2, 0) is 6.54 Å². The maximum absolute atomic E-state index is 5.96. The highest BCUT2D eigenvalue weighted by molar-refractivity contribution is 6.30. The first-order chi connectivity index (χ1) is 18.1. The fourth-order valence-electron chi connectivity index (χ4n) is 3.29. The molecule has 3 N–H and O–H groups in total. The van der Waals surface area contributed by atoms with E-state index in [2.05, 4.69) is 36.1 Å². The molecule has 5 rings (SSSR count). The third-order valence-corrected chi connectivity index (χ3v) is 5.35. The van der Waals surface area contributed by atoms with Crippen molar-refractivity contribution in [2.24, 2.45) is 5.10 Å². The van der Waals surface area contributed by atoms with Crippen molar-refractivity contribution in [1.29, 1.82) is 0 Å². The summed E-state index contributed by atoms with van der Waals surface area (Å²) >= 11 is 5.96. The molecule has 2 aromatic carbocycles. The number of benzene rings is 2. The van der Waals surface area contributed by atoms with Crippen LogP contribution < -0.4 is 20.8 Å². The van der Waals surface area contributed by atoms with Crippen molar-refractivity contribution in [1.82, 2.24) is 15.0 Å². The first-order valence-electron chi connectivity index (χ1n) is 11.2. The molecule has 0 amide bonds. The molecule has 0 spiro atoms. The first kappa shape index (κ1) is 26.5. The van der Waals surface area contributed by atoms with Gasteiger partial charge in [-0.2, -0.15) is 20.1 Å². The predicted molar refractivity (Wildman–Crippen MR) is 150 cm³/mol. The van der Waals surface area contributed by atoms with Crippen molar-refractivity contribution in [3.63, 3.8) is 0 Å². The van der Waals surface area contributed by atoms with Crippen LogP contribution in [0.5, 0.6) is 5.75 Å². The van der Waals surface area contributed by atoms with E-state index in [0.717, 1.165) is 22.8 Å². The highest BCUT2D eigenvalue weighted by Gasteiger charge is 2.09. The highest BCUT2D eigenvalue weighted by Crippen LogP contribution is 2.23. The Hall–Kier alpha value is -4.54. The third kappa shape index (κ3) is 7.02. The van der Waals surface area contributed by atoms with Crippen LogP contribution in [0.2, 0.25) is 5.02 Å². The second-order valence-electron chi connectivity index (χ2n) is 7.67. The standard InChI is InChI=1S/C26H22ClN7O3.ClH/c1-35-20-10-8-19(9-11-20)30-25-31-24(28-15-21-3-2-14-36-21)32-26(33-25)34-29-16-22-12-13-23(37-22)17-4-6-18(27)7-5-17;/h2-14,16H,15H2,1H3,(H3,28,30,31,32,33,34);1H/b29-16+;. The number of hydrogen-bond acceptors (Lipinski definition) is 10. The number of nitrogens with zero attached hydrogens (tertiary/aromatic N) is 4. The molecule has 0 saturated heterocycles. The number of aromatic nitrogens is 3. The van der Waals surface area contributed by atoms with Crippen LogP contribution in [0.15, 0.2) is 93.0 Å². The van der Waals surface area contributed by atoms with E-state index in [1.54, 1.807) is 13.4 Å². The zero-order valence-corrected chi connectivity index (χ0v) is 21.7. The Bertz CT molecular complexity index is 1470. The fourth-order valence-corrected chi connectivity index (χ4v) is 3.41. The van der Waals surface area contributed by atoms with Gasteiger partial charge in [-0.25, -0.2) is 5.43 Å². The number of halogens is 2. The normalized spacial score (nSPS) is 10.7. The molecule has 38 heavy (non-hydrogen) atoms. The quantitative estimate of drug-likeness (QED) is 0.130. The molecule has 0 atom stereocenters. The SMILES string of the molecule is COc1ccc(Nc2nc(NCc3ccco3)nc(N/N=C/c3ccc(-c4ccc(Cl)cc4)o3)n2)cc1.Cl. The van der Waals surface area contributed by atoms with E-state index in [1.165, 1.54) is 6.21 Å². The third-order valence-electron chi connectivity index (χ3n) is 5.09. The Morgan fingerprint density at radius 1 is 0.921 bits per heavy atom. The molecule has 0 aliphatic heterocycles. The van der Waals surface area contributed by atoms with Crippen molar-refractivity contribution in [3.05, 3.63) is 95.6 Å². The second-order valence-corrected chi connectivity index (χ2v) is 8.11. The van der Waals surface area contributed by atoms with Crippen LogP contribution >= 0.6 is 24.0 Å². The number of ether oxygens (including phenoxy) is 1. The molecule has 5 aromatic rings. The summed E-state index contributed by atoms with van der Waals surface area (Å²) in [7, 11) is 1.62. The Morgan fingerprint density at radius 2 is 1.68 bits per heavy atom. The maximum Gasteiger partial charge on any atom is 0.250 e. The molecule has 12 heteroatoms. The number of rotatable bonds is 10. The number of hydrazone groups is 1. The summed E-state index contributed by atoms with van der Waals surface area (Å²) in [6, 6.07) is 22.1. The summed E-state index contributed by atoms with van der Waals surface area (Å²) in [6.07, 6.45) is 3.14. The van der Waals surface area contributed by atoms with Gasteiger partial charge in [-0.1, -0.05) is 11.6 Å². The second kappa shape index (κ2) is 12.6. The maximum atomic E-state index is 5.96. The monoisotopic (exact) mass is 551 g/mol. The van der Waals surface area contributed by atoms with Gasteiger partial charge in [0.1, 0.15) is 23.0 Å². The summed E-state index contributed by atoms with van der Waals surface area (Å²) < 4.78 is 16.4. The minimum absolute atomic E-state index is 0. The van der Waals surface area contributed by atoms with Crippen molar-refractivity contribution in [2.75, 3.05) is 23.2 Å². The van der Waals surface area contributed by atoms with Crippen LogP contribution in [0, 0.1) is 0 Å². The number of nitrogens with one attached hydrogen (secondary N) is 3. The summed E-state index contributed by atoms with van der Waals surface area (Å²) in [5, 5.41) is 11.2. The summed E-state index contributed by atoms with van der Waals surface area (Å²) in [6.45, 7) is 0.404. The number of hydrogen-bond donors (Lipinski definition) is 3. The molecule has 0 aliphatic carbocycles. The van der Waals surface area contributed by atoms with Crippen LogP contribution in [0.25, 0.3) is 11.3 Å². The lowest BCUT2D eigenvalue weighted by molar-refractivity contribution is 0.415. The van der Waals surface area contributed by atoms with E-state index in [4.69, 9.17) is 25.2 Å². The molecular formula is C26H23Cl2N7O3. The molecule has 0 saturated carbocycles. The summed E-state index contributed by atoms with van der Waals surface area (Å²) in [5.74, 6) is 3.63. The van der Waals surface area contributed by atoms with E-state index in [0.29, 0.717) is 35.0 Å². The van der Waals surface area contributed by atoms with E-state index in [-0.39, 0.29) is 18.4 Å². The van der Waals surface area contributed by atoms with Gasteiger partial charge in [0.25, 0.3) is 0 Å². The van der Waals surface area contributed by atoms with E-state index in [1.807, 2.05) is 72.8 Å². The molecule has 194 valence electrons. The Morgan fingerprint density at radius 3 is 2.42 bits per heavy atom. The Labute approximate surface area is 229 Å². The number of methoxy groups -OCH3 is 1. The van der Waals surface area contributed by atoms with E-state index >= 15 is 0 Å². The van der Waals surface area contributed by atoms with Crippen molar-refractivity contribution < 1.29 is 13.6 Å². The molecule has 3 heterocycles. The van der Waals surface area contributed by atoms with Gasteiger partial charge in [-0.15, -0.1) is 12.4 Å². The van der Waals surface area contributed by atoms with Gasteiger partial charge < -0.3 is 24.2 Å². The number of anilines is 4. The van der Waals surface area contributed by atoms with Gasteiger partial charge in [-0.3, -0.25) is 0 Å². The van der Waals surface area contributed by atoms with Gasteiger partial charge in [0.2, 0.25) is 17.8 Å². The van der Waals surface area contributed by atoms with Crippen LogP contribution in [0.3, 0.4) is 0 Å². The van der Waals surface area contributed by atoms with Gasteiger partial charge in [-0.05, 0) is 72.8 Å². The van der Waals surface area contributed by atoms with Gasteiger partial charge in [0.05, 0.1) is 26.1 Å². The molecule has 0 fully saturated rings. The molecule has 0 unspecified atom stereocenters. The Kier molecular flexibility index (Phi) is 8.81. The largest absolute Gasteiger partial charge is 0.497 e. The lowest BCUT2D eigenvalue weighted by Crippen LogP contribution is -2.09. The predicted octanol–water partition coefficient (Wildman–Crippen LogP) is 6.61. The average Bonchev–Trinajstić information content (AvgIpc) is 3.61. The first-order valence-corrected chi connectivity index (χ1v) is 11.6. The van der Waals surface area contributed by atoms with Crippen molar-refractivity contribution >= 4 is 53.8 Å². The minimum Gasteiger partial charge on any atom is -0.497 e.